The van der Waals surface area contributed by atoms with Crippen molar-refractivity contribution < 1.29 is 28.6 Å². The van der Waals surface area contributed by atoms with E-state index in [0.29, 0.717) is 57.3 Å². The first-order valence-electron chi connectivity index (χ1n) is 9.72. The molecule has 2 amide bonds. The number of hydrogen-bond donors (Lipinski definition) is 1. The summed E-state index contributed by atoms with van der Waals surface area (Å²) in [6.07, 6.45) is -0.655. The molecule has 2 aromatic carbocycles. The van der Waals surface area contributed by atoms with Crippen LogP contribution in [0, 0.1) is 0 Å². The number of methoxy groups -OCH3 is 3. The summed E-state index contributed by atoms with van der Waals surface area (Å²) in [5, 5.41) is 3.97. The molecule has 1 atom stereocenters. The number of carbonyl (C=O) groups is 3. The molecule has 0 saturated heterocycles. The van der Waals surface area contributed by atoms with Crippen molar-refractivity contribution in [1.29, 1.82) is 0 Å². The van der Waals surface area contributed by atoms with Crippen molar-refractivity contribution in [3.05, 3.63) is 41.0 Å². The number of nitrogens with zero attached hydrogens (tertiary/aromatic N) is 2. The molecular weight excluding hydrogens is 402 g/mol. The molecule has 31 heavy (non-hydrogen) atoms. The lowest BCUT2D eigenvalue weighted by atomic mass is 9.89. The summed E-state index contributed by atoms with van der Waals surface area (Å²) in [6.45, 7) is 0.304. The van der Waals surface area contributed by atoms with Crippen LogP contribution in [0.15, 0.2) is 24.3 Å². The van der Waals surface area contributed by atoms with Gasteiger partial charge in [0, 0.05) is 30.0 Å². The molecule has 1 unspecified atom stereocenters. The third-order valence-corrected chi connectivity index (χ3v) is 5.88. The molecule has 2 aliphatic rings. The average molecular weight is 421 g/mol. The number of benzene rings is 2. The van der Waals surface area contributed by atoms with Crippen molar-refractivity contribution >= 4 is 51.2 Å². The van der Waals surface area contributed by atoms with Gasteiger partial charge >= 0.3 is 12.1 Å². The van der Waals surface area contributed by atoms with Crippen molar-refractivity contribution in [1.82, 2.24) is 4.98 Å². The van der Waals surface area contributed by atoms with Crippen molar-refractivity contribution in [3.63, 3.8) is 0 Å². The van der Waals surface area contributed by atoms with Crippen LogP contribution in [0.5, 0.6) is 0 Å². The maximum absolute atomic E-state index is 13.0. The van der Waals surface area contributed by atoms with E-state index in [2.05, 4.69) is 5.32 Å². The van der Waals surface area contributed by atoms with Gasteiger partial charge in [0.15, 0.2) is 0 Å². The molecule has 0 aliphatic carbocycles. The molecule has 5 rings (SSSR count). The second-order valence-corrected chi connectivity index (χ2v) is 7.32. The highest BCUT2D eigenvalue weighted by Gasteiger charge is 2.41. The molecular formula is C22H19N3O6. The largest absolute Gasteiger partial charge is 0.465 e. The Morgan fingerprint density at radius 1 is 1.16 bits per heavy atom. The van der Waals surface area contributed by atoms with E-state index >= 15 is 0 Å². The molecule has 0 saturated carbocycles. The summed E-state index contributed by atoms with van der Waals surface area (Å²) in [4.78, 5) is 44.9. The summed E-state index contributed by atoms with van der Waals surface area (Å²) in [7, 11) is 4.09. The number of carbonyl (C=O) groups excluding carboxylic acids is 3. The van der Waals surface area contributed by atoms with E-state index in [-0.39, 0.29) is 11.5 Å². The van der Waals surface area contributed by atoms with Gasteiger partial charge in [0.1, 0.15) is 0 Å². The van der Waals surface area contributed by atoms with Gasteiger partial charge in [-0.15, -0.1) is 0 Å². The Morgan fingerprint density at radius 3 is 2.65 bits per heavy atom. The van der Waals surface area contributed by atoms with Crippen LogP contribution in [-0.4, -0.2) is 50.8 Å². The Kier molecular flexibility index (Phi) is 4.30. The van der Waals surface area contributed by atoms with Crippen molar-refractivity contribution in [2.24, 2.45) is 0 Å². The highest BCUT2D eigenvalue weighted by atomic mass is 16.5. The van der Waals surface area contributed by atoms with Gasteiger partial charge in [0.05, 0.1) is 53.9 Å². The number of pyridine rings is 1. The fourth-order valence-electron chi connectivity index (χ4n) is 4.60. The number of aromatic nitrogens is 1. The highest BCUT2D eigenvalue weighted by molar-refractivity contribution is 6.33. The zero-order chi connectivity index (χ0) is 21.9. The van der Waals surface area contributed by atoms with Gasteiger partial charge in [0.25, 0.3) is 5.91 Å². The van der Waals surface area contributed by atoms with Crippen molar-refractivity contribution in [2.75, 3.05) is 38.1 Å². The first kappa shape index (κ1) is 19.3. The number of para-hydroxylation sites is 1. The lowest BCUT2D eigenvalue weighted by Gasteiger charge is -2.35. The van der Waals surface area contributed by atoms with E-state index in [4.69, 9.17) is 19.2 Å². The number of amides is 2. The molecule has 3 aromatic rings. The lowest BCUT2D eigenvalue weighted by molar-refractivity contribution is 0.0580. The molecule has 158 valence electrons. The van der Waals surface area contributed by atoms with Gasteiger partial charge in [-0.3, -0.25) is 9.69 Å². The van der Waals surface area contributed by atoms with E-state index in [1.54, 1.807) is 12.1 Å². The Balaban J connectivity index is 2.03. The maximum atomic E-state index is 13.0. The fourth-order valence-corrected chi connectivity index (χ4v) is 4.60. The first-order chi connectivity index (χ1) is 15.0. The molecule has 0 fully saturated rings. The quantitative estimate of drug-likeness (QED) is 0.499. The summed E-state index contributed by atoms with van der Waals surface area (Å²) >= 11 is 0. The Labute approximate surface area is 176 Å². The molecule has 0 spiro atoms. The Morgan fingerprint density at radius 2 is 1.94 bits per heavy atom. The van der Waals surface area contributed by atoms with E-state index in [0.717, 1.165) is 0 Å². The van der Waals surface area contributed by atoms with Crippen molar-refractivity contribution in [3.8, 4) is 0 Å². The Bertz CT molecular complexity index is 1300. The number of fused-ring (bicyclic) bond motifs is 4. The van der Waals surface area contributed by atoms with E-state index < -0.39 is 18.2 Å². The average Bonchev–Trinajstić information content (AvgIpc) is 3.15. The van der Waals surface area contributed by atoms with Crippen molar-refractivity contribution in [2.45, 2.75) is 12.5 Å². The molecule has 2 aliphatic heterocycles. The zero-order valence-electron chi connectivity index (χ0n) is 17.1. The molecule has 9 heteroatoms. The molecule has 0 bridgehead atoms. The lowest BCUT2D eigenvalue weighted by Crippen LogP contribution is -2.38. The zero-order valence-corrected chi connectivity index (χ0v) is 17.1. The molecule has 3 heterocycles. The second-order valence-electron chi connectivity index (χ2n) is 7.32. The van der Waals surface area contributed by atoms with Crippen LogP contribution < -0.4 is 10.2 Å². The second kappa shape index (κ2) is 6.92. The van der Waals surface area contributed by atoms with Gasteiger partial charge in [-0.25, -0.2) is 14.6 Å². The molecule has 1 N–H and O–H groups in total. The number of ether oxygens (including phenoxy) is 3. The predicted octanol–water partition coefficient (Wildman–Crippen LogP) is 3.40. The van der Waals surface area contributed by atoms with Gasteiger partial charge in [-0.1, -0.05) is 18.2 Å². The summed E-state index contributed by atoms with van der Waals surface area (Å²) in [5.74, 6) is -0.979. The van der Waals surface area contributed by atoms with Crippen LogP contribution in [0.4, 0.5) is 16.2 Å². The van der Waals surface area contributed by atoms with Gasteiger partial charge in [-0.2, -0.15) is 0 Å². The number of rotatable bonds is 2. The van der Waals surface area contributed by atoms with E-state index in [1.165, 1.54) is 26.2 Å². The number of esters is 1. The Hall–Kier alpha value is -3.72. The number of anilines is 2. The summed E-state index contributed by atoms with van der Waals surface area (Å²) in [5.41, 5.74) is 2.77. The standard InChI is InChI=1S/C22H19N3O6/c1-29-12-8-9-25(22(28)31-3)19-14(12)16(21(27)30-2)17-15-13(20(26)24-17)10-6-4-5-7-11(10)23-18(15)19/h4-7,12H,8-9H2,1-3H3,(H,24,26). The highest BCUT2D eigenvalue weighted by Crippen LogP contribution is 2.50. The van der Waals surface area contributed by atoms with Crippen LogP contribution in [0.3, 0.4) is 0 Å². The smallest absolute Gasteiger partial charge is 0.414 e. The fraction of sp³-hybridized carbons (Fsp3) is 0.273. The van der Waals surface area contributed by atoms with E-state index in [1.807, 2.05) is 12.1 Å². The predicted molar refractivity (Wildman–Crippen MR) is 113 cm³/mol. The van der Waals surface area contributed by atoms with Crippen LogP contribution in [0.25, 0.3) is 21.8 Å². The van der Waals surface area contributed by atoms with Crippen LogP contribution >= 0.6 is 0 Å². The third-order valence-electron chi connectivity index (χ3n) is 5.88. The summed E-state index contributed by atoms with van der Waals surface area (Å²) < 4.78 is 15.7. The van der Waals surface area contributed by atoms with Gasteiger partial charge in [0.2, 0.25) is 0 Å². The maximum Gasteiger partial charge on any atom is 0.414 e. The first-order valence-corrected chi connectivity index (χ1v) is 9.72. The van der Waals surface area contributed by atoms with Crippen LogP contribution in [0.2, 0.25) is 0 Å². The van der Waals surface area contributed by atoms with Crippen LogP contribution in [0.1, 0.15) is 38.8 Å². The normalized spacial score (nSPS) is 16.9. The number of hydrogen-bond acceptors (Lipinski definition) is 7. The topological polar surface area (TPSA) is 107 Å². The minimum absolute atomic E-state index is 0.162. The minimum Gasteiger partial charge on any atom is -0.465 e. The third kappa shape index (κ3) is 2.53. The van der Waals surface area contributed by atoms with Gasteiger partial charge < -0.3 is 19.5 Å². The SMILES string of the molecule is COC(=O)c1c2c(c3nc4ccccc4c4c3c1NC4=O)N(C(=O)OC)CCC2OC. The monoisotopic (exact) mass is 421 g/mol. The number of nitrogens with one attached hydrogen (secondary N) is 1. The summed E-state index contributed by atoms with van der Waals surface area (Å²) in [6, 6.07) is 7.25. The van der Waals surface area contributed by atoms with Crippen LogP contribution in [-0.2, 0) is 14.2 Å². The minimum atomic E-state index is -0.636. The molecule has 1 aromatic heterocycles. The van der Waals surface area contributed by atoms with E-state index in [9.17, 15) is 14.4 Å². The molecule has 0 radical (unpaired) electrons. The van der Waals surface area contributed by atoms with Gasteiger partial charge in [-0.05, 0) is 12.5 Å². The molecule has 9 nitrogen and oxygen atoms in total.